The lowest BCUT2D eigenvalue weighted by atomic mass is 9.81. The van der Waals surface area contributed by atoms with Gasteiger partial charge in [0.25, 0.3) is 0 Å². The Morgan fingerprint density at radius 3 is 2.33 bits per heavy atom. The summed E-state index contributed by atoms with van der Waals surface area (Å²) in [5, 5.41) is 10.5. The normalized spacial score (nSPS) is 23.9. The van der Waals surface area contributed by atoms with E-state index in [2.05, 4.69) is 52.1 Å². The molecule has 2 nitrogen and oxygen atoms in total. The minimum atomic E-state index is -1.84. The van der Waals surface area contributed by atoms with Gasteiger partial charge >= 0.3 is 0 Å². The Balaban J connectivity index is 2.29. The van der Waals surface area contributed by atoms with Crippen LogP contribution in [-0.2, 0) is 0 Å². The third-order valence-electron chi connectivity index (χ3n) is 5.22. The number of benzene rings is 1. The summed E-state index contributed by atoms with van der Waals surface area (Å²) in [7, 11) is -1.84. The number of aliphatic hydroxyl groups excluding tert-OH is 1. The Bertz CT molecular complexity index is 476. The van der Waals surface area contributed by atoms with Crippen LogP contribution in [0.15, 0.2) is 24.3 Å². The van der Waals surface area contributed by atoms with E-state index >= 15 is 0 Å². The van der Waals surface area contributed by atoms with Crippen molar-refractivity contribution in [2.45, 2.75) is 76.6 Å². The summed E-state index contributed by atoms with van der Waals surface area (Å²) in [5.74, 6) is 1.23. The maximum absolute atomic E-state index is 10.4. The standard InChI is InChI=1S/C18H30O2Si/c1-18(2,3)21(4,5)20-17-13-9-7-11-15(17)14-10-6-8-12-16(14)19/h7,9,11,13-14,16,19H,6,8,10,12H2,1-5H3/t14-,16+/m1/s1. The molecule has 2 atom stereocenters. The Morgan fingerprint density at radius 2 is 1.71 bits per heavy atom. The van der Waals surface area contributed by atoms with E-state index in [1.807, 2.05) is 6.07 Å². The lowest BCUT2D eigenvalue weighted by Gasteiger charge is -2.38. The summed E-state index contributed by atoms with van der Waals surface area (Å²) < 4.78 is 6.53. The van der Waals surface area contributed by atoms with E-state index in [0.29, 0.717) is 0 Å². The SMILES string of the molecule is CC(C)(C)[Si](C)(C)Oc1ccccc1[C@H]1CCCC[C@@H]1O. The molecule has 0 amide bonds. The van der Waals surface area contributed by atoms with Crippen LogP contribution in [0.5, 0.6) is 5.75 Å². The first-order valence-electron chi connectivity index (χ1n) is 8.18. The maximum Gasteiger partial charge on any atom is 0.250 e. The van der Waals surface area contributed by atoms with E-state index in [1.54, 1.807) is 0 Å². The van der Waals surface area contributed by atoms with Crippen molar-refractivity contribution in [3.63, 3.8) is 0 Å². The van der Waals surface area contributed by atoms with Crippen LogP contribution in [0.1, 0.15) is 57.9 Å². The summed E-state index contributed by atoms with van der Waals surface area (Å²) in [6.07, 6.45) is 4.11. The lowest BCUT2D eigenvalue weighted by Crippen LogP contribution is -2.44. The van der Waals surface area contributed by atoms with Gasteiger partial charge in [0.2, 0.25) is 8.32 Å². The van der Waals surface area contributed by atoms with E-state index in [1.165, 1.54) is 12.0 Å². The molecular formula is C18H30O2Si. The van der Waals surface area contributed by atoms with E-state index < -0.39 is 8.32 Å². The highest BCUT2D eigenvalue weighted by atomic mass is 28.4. The molecule has 0 unspecified atom stereocenters. The number of para-hydroxylation sites is 1. The van der Waals surface area contributed by atoms with Crippen molar-refractivity contribution in [2.24, 2.45) is 0 Å². The molecule has 1 saturated carbocycles. The van der Waals surface area contributed by atoms with Crippen LogP contribution < -0.4 is 4.43 Å². The first kappa shape index (κ1) is 16.6. The molecule has 3 heteroatoms. The van der Waals surface area contributed by atoms with E-state index in [9.17, 15) is 5.11 Å². The molecule has 2 rings (SSSR count). The first-order chi connectivity index (χ1) is 9.72. The minimum Gasteiger partial charge on any atom is -0.543 e. The van der Waals surface area contributed by atoms with Crippen LogP contribution in [0.4, 0.5) is 0 Å². The van der Waals surface area contributed by atoms with Crippen LogP contribution in [0, 0.1) is 0 Å². The van der Waals surface area contributed by atoms with Gasteiger partial charge in [-0.05, 0) is 42.6 Å². The number of hydrogen-bond acceptors (Lipinski definition) is 2. The zero-order valence-corrected chi connectivity index (χ0v) is 15.1. The average Bonchev–Trinajstić information content (AvgIpc) is 2.38. The molecule has 0 saturated heterocycles. The molecule has 1 aliphatic rings. The second-order valence-corrected chi connectivity index (χ2v) is 12.6. The number of aliphatic hydroxyl groups is 1. The van der Waals surface area contributed by atoms with Gasteiger partial charge in [-0.15, -0.1) is 0 Å². The van der Waals surface area contributed by atoms with Gasteiger partial charge in [-0.3, -0.25) is 0 Å². The summed E-state index contributed by atoms with van der Waals surface area (Å²) in [6.45, 7) is 11.3. The molecule has 1 aromatic carbocycles. The zero-order chi connectivity index (χ0) is 15.7. The largest absolute Gasteiger partial charge is 0.543 e. The second kappa shape index (κ2) is 6.13. The molecule has 1 N–H and O–H groups in total. The van der Waals surface area contributed by atoms with Crippen LogP contribution in [-0.4, -0.2) is 19.5 Å². The van der Waals surface area contributed by atoms with Crippen molar-refractivity contribution >= 4 is 8.32 Å². The Morgan fingerprint density at radius 1 is 1.10 bits per heavy atom. The third kappa shape index (κ3) is 3.70. The number of rotatable bonds is 3. The van der Waals surface area contributed by atoms with Gasteiger partial charge in [0.05, 0.1) is 6.10 Å². The fourth-order valence-corrected chi connectivity index (χ4v) is 3.82. The highest BCUT2D eigenvalue weighted by Crippen LogP contribution is 2.42. The summed E-state index contributed by atoms with van der Waals surface area (Å²) in [4.78, 5) is 0. The molecule has 1 fully saturated rings. The summed E-state index contributed by atoms with van der Waals surface area (Å²) >= 11 is 0. The summed E-state index contributed by atoms with van der Waals surface area (Å²) in [5.41, 5.74) is 1.20. The van der Waals surface area contributed by atoms with Gasteiger partial charge in [0, 0.05) is 5.92 Å². The third-order valence-corrected chi connectivity index (χ3v) is 9.56. The van der Waals surface area contributed by atoms with Gasteiger partial charge in [-0.25, -0.2) is 0 Å². The van der Waals surface area contributed by atoms with Crippen molar-refractivity contribution in [1.82, 2.24) is 0 Å². The van der Waals surface area contributed by atoms with Crippen molar-refractivity contribution in [1.29, 1.82) is 0 Å². The Labute approximate surface area is 130 Å². The highest BCUT2D eigenvalue weighted by Gasteiger charge is 2.40. The second-order valence-electron chi connectivity index (χ2n) is 7.86. The molecule has 0 aliphatic heterocycles. The molecule has 21 heavy (non-hydrogen) atoms. The molecule has 0 radical (unpaired) electrons. The van der Waals surface area contributed by atoms with Crippen molar-refractivity contribution in [3.05, 3.63) is 29.8 Å². The van der Waals surface area contributed by atoms with Crippen LogP contribution in [0.25, 0.3) is 0 Å². The van der Waals surface area contributed by atoms with Crippen LogP contribution in [0.2, 0.25) is 18.1 Å². The Kier molecular flexibility index (Phi) is 4.84. The molecule has 0 aromatic heterocycles. The van der Waals surface area contributed by atoms with Crippen molar-refractivity contribution < 1.29 is 9.53 Å². The fourth-order valence-electron chi connectivity index (χ4n) is 2.78. The fraction of sp³-hybridized carbons (Fsp3) is 0.667. The average molecular weight is 307 g/mol. The topological polar surface area (TPSA) is 29.5 Å². The molecule has 0 spiro atoms. The van der Waals surface area contributed by atoms with E-state index in [-0.39, 0.29) is 17.1 Å². The molecule has 0 heterocycles. The van der Waals surface area contributed by atoms with Crippen molar-refractivity contribution in [3.8, 4) is 5.75 Å². The van der Waals surface area contributed by atoms with Gasteiger partial charge in [-0.2, -0.15) is 0 Å². The maximum atomic E-state index is 10.4. The minimum absolute atomic E-state index is 0.186. The van der Waals surface area contributed by atoms with Crippen LogP contribution in [0.3, 0.4) is 0 Å². The lowest BCUT2D eigenvalue weighted by molar-refractivity contribution is 0.105. The van der Waals surface area contributed by atoms with E-state index in [4.69, 9.17) is 4.43 Å². The quantitative estimate of drug-likeness (QED) is 0.788. The summed E-state index contributed by atoms with van der Waals surface area (Å²) in [6, 6.07) is 8.33. The zero-order valence-electron chi connectivity index (χ0n) is 14.1. The molecule has 1 aromatic rings. The van der Waals surface area contributed by atoms with Gasteiger partial charge in [0.15, 0.2) is 0 Å². The van der Waals surface area contributed by atoms with Crippen molar-refractivity contribution in [2.75, 3.05) is 0 Å². The van der Waals surface area contributed by atoms with Gasteiger partial charge < -0.3 is 9.53 Å². The van der Waals surface area contributed by atoms with Gasteiger partial charge in [0.1, 0.15) is 5.75 Å². The number of hydrogen-bond donors (Lipinski definition) is 1. The monoisotopic (exact) mass is 306 g/mol. The predicted molar refractivity (Wildman–Crippen MR) is 91.5 cm³/mol. The predicted octanol–water partition coefficient (Wildman–Crippen LogP) is 5.09. The molecule has 0 bridgehead atoms. The highest BCUT2D eigenvalue weighted by molar-refractivity contribution is 6.74. The molecule has 1 aliphatic carbocycles. The Hall–Kier alpha value is -0.803. The smallest absolute Gasteiger partial charge is 0.250 e. The molecular weight excluding hydrogens is 276 g/mol. The van der Waals surface area contributed by atoms with Crippen LogP contribution >= 0.6 is 0 Å². The van der Waals surface area contributed by atoms with Gasteiger partial charge in [-0.1, -0.05) is 51.8 Å². The van der Waals surface area contributed by atoms with E-state index in [0.717, 1.165) is 25.0 Å². The molecule has 118 valence electrons. The first-order valence-corrected chi connectivity index (χ1v) is 11.1.